The Labute approximate surface area is 276 Å². The number of nitrogens with zero attached hydrogens (tertiary/aromatic N) is 6. The molecule has 3 fully saturated rings. The third-order valence-corrected chi connectivity index (χ3v) is 11.3. The van der Waals surface area contributed by atoms with Crippen molar-refractivity contribution in [2.45, 2.75) is 49.7 Å². The highest BCUT2D eigenvalue weighted by atomic mass is 32.2. The summed E-state index contributed by atoms with van der Waals surface area (Å²) in [6.07, 6.45) is 5.00. The Kier molecular flexibility index (Phi) is 10.3. The van der Waals surface area contributed by atoms with Gasteiger partial charge in [0.15, 0.2) is 0 Å². The van der Waals surface area contributed by atoms with Crippen molar-refractivity contribution >= 4 is 21.8 Å². The molecule has 12 heteroatoms. The molecule has 1 N–H and O–H groups in total. The molecule has 2 amide bonds. The monoisotopic (exact) mass is 655 g/mol. The predicted octanol–water partition coefficient (Wildman–Crippen LogP) is 3.09. The van der Waals surface area contributed by atoms with E-state index in [4.69, 9.17) is 5.26 Å². The number of amides is 2. The molecular formula is C35H41N7O4S. The number of nitrogens with one attached hydrogen (secondary N) is 1. The molecule has 47 heavy (non-hydrogen) atoms. The Morgan fingerprint density at radius 2 is 1.38 bits per heavy atom. The van der Waals surface area contributed by atoms with Gasteiger partial charge in [0.05, 0.1) is 22.1 Å². The Morgan fingerprint density at radius 3 is 1.96 bits per heavy atom. The second-order valence-corrected chi connectivity index (χ2v) is 14.5. The fourth-order valence-corrected chi connectivity index (χ4v) is 7.99. The SMILES string of the molecule is N#Cc1ccc(CN2CCC(NC(=O)c3ccc(C(=O)N4CCN(Cc5ccc(S(=O)(=O)N6CCCC6)cc5)CC4)nc3)CC2)cc1. The molecular weight excluding hydrogens is 614 g/mol. The Bertz CT molecular complexity index is 1680. The molecule has 0 radical (unpaired) electrons. The zero-order chi connectivity index (χ0) is 32.8. The summed E-state index contributed by atoms with van der Waals surface area (Å²) in [5.41, 5.74) is 3.62. The third kappa shape index (κ3) is 8.05. The van der Waals surface area contributed by atoms with Gasteiger partial charge in [-0.15, -0.1) is 0 Å². The van der Waals surface area contributed by atoms with Crippen LogP contribution in [0.4, 0.5) is 0 Å². The maximum Gasteiger partial charge on any atom is 0.272 e. The van der Waals surface area contributed by atoms with Gasteiger partial charge in [0.2, 0.25) is 10.0 Å². The number of likely N-dealkylation sites (tertiary alicyclic amines) is 1. The van der Waals surface area contributed by atoms with Crippen LogP contribution in [0.2, 0.25) is 0 Å². The van der Waals surface area contributed by atoms with Crippen LogP contribution in [0, 0.1) is 11.3 Å². The van der Waals surface area contributed by atoms with E-state index in [1.54, 1.807) is 33.5 Å². The van der Waals surface area contributed by atoms with E-state index in [1.807, 2.05) is 36.4 Å². The molecule has 3 aromatic rings. The lowest BCUT2D eigenvalue weighted by atomic mass is 10.0. The van der Waals surface area contributed by atoms with Crippen molar-refractivity contribution in [1.29, 1.82) is 5.26 Å². The molecule has 0 atom stereocenters. The van der Waals surface area contributed by atoms with E-state index in [2.05, 4.69) is 26.2 Å². The molecule has 0 spiro atoms. The fourth-order valence-electron chi connectivity index (χ4n) is 6.48. The van der Waals surface area contributed by atoms with E-state index in [0.717, 1.165) is 50.9 Å². The number of nitriles is 1. The average molecular weight is 656 g/mol. The first-order valence-electron chi connectivity index (χ1n) is 16.4. The minimum absolute atomic E-state index is 0.0817. The first kappa shape index (κ1) is 32.8. The number of pyridine rings is 1. The van der Waals surface area contributed by atoms with E-state index in [0.29, 0.717) is 67.5 Å². The van der Waals surface area contributed by atoms with Crippen LogP contribution in [-0.4, -0.2) is 103 Å². The number of aromatic nitrogens is 1. The van der Waals surface area contributed by atoms with Crippen molar-refractivity contribution < 1.29 is 18.0 Å². The molecule has 3 aliphatic rings. The number of sulfonamides is 1. The summed E-state index contributed by atoms with van der Waals surface area (Å²) >= 11 is 0. The van der Waals surface area contributed by atoms with Crippen LogP contribution in [0.25, 0.3) is 0 Å². The Balaban J connectivity index is 0.928. The average Bonchev–Trinajstić information content (AvgIpc) is 3.66. The van der Waals surface area contributed by atoms with Gasteiger partial charge in [-0.1, -0.05) is 24.3 Å². The van der Waals surface area contributed by atoms with Crippen molar-refractivity contribution in [2.75, 3.05) is 52.4 Å². The summed E-state index contributed by atoms with van der Waals surface area (Å²) in [6, 6.07) is 20.3. The minimum atomic E-state index is -3.42. The molecule has 11 nitrogen and oxygen atoms in total. The molecule has 2 aromatic carbocycles. The quantitative estimate of drug-likeness (QED) is 0.373. The highest BCUT2D eigenvalue weighted by Crippen LogP contribution is 2.22. The van der Waals surface area contributed by atoms with Crippen molar-refractivity contribution in [3.63, 3.8) is 0 Å². The number of rotatable bonds is 9. The van der Waals surface area contributed by atoms with Crippen LogP contribution in [-0.2, 0) is 23.1 Å². The Morgan fingerprint density at radius 1 is 0.787 bits per heavy atom. The summed E-state index contributed by atoms with van der Waals surface area (Å²) in [6.45, 7) is 6.96. The molecule has 0 unspecified atom stereocenters. The molecule has 3 aliphatic heterocycles. The van der Waals surface area contributed by atoms with Crippen LogP contribution in [0.1, 0.15) is 63.2 Å². The highest BCUT2D eigenvalue weighted by molar-refractivity contribution is 7.89. The number of benzene rings is 2. The number of piperazine rings is 1. The predicted molar refractivity (Wildman–Crippen MR) is 177 cm³/mol. The first-order valence-corrected chi connectivity index (χ1v) is 17.8. The van der Waals surface area contributed by atoms with Crippen LogP contribution in [0.3, 0.4) is 0 Å². The van der Waals surface area contributed by atoms with E-state index in [-0.39, 0.29) is 17.9 Å². The summed E-state index contributed by atoms with van der Waals surface area (Å²) in [5, 5.41) is 12.1. The van der Waals surface area contributed by atoms with Gasteiger partial charge in [-0.3, -0.25) is 24.4 Å². The zero-order valence-electron chi connectivity index (χ0n) is 26.6. The molecule has 0 saturated carbocycles. The molecule has 0 aliphatic carbocycles. The van der Waals surface area contributed by atoms with Crippen molar-refractivity contribution in [2.24, 2.45) is 0 Å². The topological polar surface area (TPSA) is 130 Å². The second-order valence-electron chi connectivity index (χ2n) is 12.6. The summed E-state index contributed by atoms with van der Waals surface area (Å²) in [7, 11) is -3.42. The normalized spacial score (nSPS) is 18.6. The van der Waals surface area contributed by atoms with Gasteiger partial charge in [-0.05, 0) is 73.2 Å². The standard InChI is InChI=1S/C35H41N7O4S/c36-23-27-3-5-28(6-4-27)25-39-17-13-31(14-18-39)38-34(43)30-9-12-33(37-24-30)35(44)41-21-19-40(20-22-41)26-29-7-10-32(11-8-29)47(45,46)42-15-1-2-16-42/h3-12,24,31H,1-2,13-22,25-26H2,(H,38,43). The van der Waals surface area contributed by atoms with Crippen molar-refractivity contribution in [3.05, 3.63) is 94.8 Å². The third-order valence-electron chi connectivity index (χ3n) is 9.35. The minimum Gasteiger partial charge on any atom is -0.349 e. The van der Waals surface area contributed by atoms with Gasteiger partial charge in [0.1, 0.15) is 5.69 Å². The molecule has 0 bridgehead atoms. The molecule has 246 valence electrons. The summed E-state index contributed by atoms with van der Waals surface area (Å²) in [4.78, 5) is 37.2. The first-order chi connectivity index (χ1) is 22.8. The number of carbonyl (C=O) groups excluding carboxylic acids is 2. The maximum atomic E-state index is 13.2. The van der Waals surface area contributed by atoms with E-state index in [1.165, 1.54) is 11.8 Å². The van der Waals surface area contributed by atoms with Crippen LogP contribution >= 0.6 is 0 Å². The second kappa shape index (κ2) is 14.7. The van der Waals surface area contributed by atoms with Gasteiger partial charge >= 0.3 is 0 Å². The summed E-state index contributed by atoms with van der Waals surface area (Å²) in [5.74, 6) is -0.333. The molecule has 1 aromatic heterocycles. The van der Waals surface area contributed by atoms with Gasteiger partial charge < -0.3 is 10.2 Å². The van der Waals surface area contributed by atoms with Crippen molar-refractivity contribution in [1.82, 2.24) is 29.3 Å². The van der Waals surface area contributed by atoms with Crippen molar-refractivity contribution in [3.8, 4) is 6.07 Å². The van der Waals surface area contributed by atoms with Gasteiger partial charge in [-0.2, -0.15) is 9.57 Å². The van der Waals surface area contributed by atoms with Crippen LogP contribution in [0.5, 0.6) is 0 Å². The zero-order valence-corrected chi connectivity index (χ0v) is 27.4. The van der Waals surface area contributed by atoms with E-state index >= 15 is 0 Å². The lowest BCUT2D eigenvalue weighted by Crippen LogP contribution is -2.48. The van der Waals surface area contributed by atoms with E-state index in [9.17, 15) is 18.0 Å². The smallest absolute Gasteiger partial charge is 0.272 e. The van der Waals surface area contributed by atoms with Gasteiger partial charge in [0.25, 0.3) is 11.8 Å². The van der Waals surface area contributed by atoms with Gasteiger partial charge in [0, 0.05) is 77.7 Å². The summed E-state index contributed by atoms with van der Waals surface area (Å²) < 4.78 is 27.2. The van der Waals surface area contributed by atoms with Gasteiger partial charge in [-0.25, -0.2) is 8.42 Å². The molecule has 3 saturated heterocycles. The fraction of sp³-hybridized carbons (Fsp3) is 0.429. The van der Waals surface area contributed by atoms with Crippen LogP contribution < -0.4 is 5.32 Å². The van der Waals surface area contributed by atoms with Crippen LogP contribution in [0.15, 0.2) is 71.8 Å². The molecule has 4 heterocycles. The number of hydrogen-bond acceptors (Lipinski definition) is 8. The Hall–Kier alpha value is -4.15. The highest BCUT2D eigenvalue weighted by Gasteiger charge is 2.28. The maximum absolute atomic E-state index is 13.2. The number of piperidine rings is 1. The number of hydrogen-bond donors (Lipinski definition) is 1. The number of carbonyl (C=O) groups is 2. The lowest BCUT2D eigenvalue weighted by Gasteiger charge is -2.34. The molecule has 6 rings (SSSR count). The largest absolute Gasteiger partial charge is 0.349 e. The lowest BCUT2D eigenvalue weighted by molar-refractivity contribution is 0.0622. The van der Waals surface area contributed by atoms with E-state index < -0.39 is 10.0 Å².